The van der Waals surface area contributed by atoms with E-state index in [2.05, 4.69) is 19.4 Å². The molecule has 0 spiro atoms. The van der Waals surface area contributed by atoms with Crippen LogP contribution in [0.5, 0.6) is 0 Å². The van der Waals surface area contributed by atoms with Gasteiger partial charge in [0.25, 0.3) is 0 Å². The molecule has 3 heteroatoms. The quantitative estimate of drug-likeness (QED) is 0.681. The van der Waals surface area contributed by atoms with Gasteiger partial charge >= 0.3 is 5.97 Å². The molecule has 2 aliphatic rings. The summed E-state index contributed by atoms with van der Waals surface area (Å²) < 4.78 is 11.2. The van der Waals surface area contributed by atoms with Gasteiger partial charge in [0.05, 0.1) is 18.1 Å². The molecule has 0 aromatic heterocycles. The van der Waals surface area contributed by atoms with Crippen LogP contribution in [0.4, 0.5) is 0 Å². The molecule has 0 atom stereocenters. The first-order chi connectivity index (χ1) is 8.72. The molecular formula is C15H23O3. The van der Waals surface area contributed by atoms with Gasteiger partial charge in [-0.2, -0.15) is 0 Å². The Morgan fingerprint density at radius 1 is 1.39 bits per heavy atom. The summed E-state index contributed by atoms with van der Waals surface area (Å²) in [5.74, 6) is 0.0398. The standard InChI is InChI=1S/C15H23O3/c1-3-11-18-15(13-5-6-13)9-7-12(8-10-15)14(16)17-4-2/h5-6,12H,3-4,7-11H2,1-2H3. The van der Waals surface area contributed by atoms with Crippen molar-refractivity contribution in [2.45, 2.75) is 51.6 Å². The van der Waals surface area contributed by atoms with Crippen molar-refractivity contribution in [3.8, 4) is 0 Å². The van der Waals surface area contributed by atoms with Crippen LogP contribution in [0, 0.1) is 12.3 Å². The van der Waals surface area contributed by atoms with Crippen molar-refractivity contribution >= 4 is 5.97 Å². The van der Waals surface area contributed by atoms with Gasteiger partial charge in [0, 0.05) is 13.0 Å². The normalized spacial score (nSPS) is 30.8. The van der Waals surface area contributed by atoms with Crippen molar-refractivity contribution in [3.63, 3.8) is 0 Å². The van der Waals surface area contributed by atoms with E-state index < -0.39 is 0 Å². The smallest absolute Gasteiger partial charge is 0.308 e. The molecule has 0 aromatic carbocycles. The van der Waals surface area contributed by atoms with E-state index in [4.69, 9.17) is 9.47 Å². The van der Waals surface area contributed by atoms with Gasteiger partial charge in [-0.1, -0.05) is 13.0 Å². The Kier molecular flexibility index (Phi) is 4.44. The Morgan fingerprint density at radius 2 is 2.06 bits per heavy atom. The maximum Gasteiger partial charge on any atom is 0.308 e. The highest BCUT2D eigenvalue weighted by Crippen LogP contribution is 2.45. The van der Waals surface area contributed by atoms with E-state index in [1.165, 1.54) is 5.57 Å². The molecule has 0 aliphatic heterocycles. The lowest BCUT2D eigenvalue weighted by atomic mass is 9.77. The Bertz CT molecular complexity index is 325. The molecule has 18 heavy (non-hydrogen) atoms. The molecule has 1 saturated carbocycles. The maximum atomic E-state index is 11.7. The molecule has 2 rings (SSSR count). The highest BCUT2D eigenvalue weighted by atomic mass is 16.5. The second-order valence-corrected chi connectivity index (χ2v) is 5.16. The van der Waals surface area contributed by atoms with Crippen molar-refractivity contribution in [2.75, 3.05) is 13.2 Å². The Balaban J connectivity index is 1.90. The minimum atomic E-state index is -0.0982. The van der Waals surface area contributed by atoms with Crippen LogP contribution in [0.2, 0.25) is 0 Å². The summed E-state index contributed by atoms with van der Waals surface area (Å²) in [6.45, 7) is 5.27. The van der Waals surface area contributed by atoms with Crippen LogP contribution in [0.15, 0.2) is 11.6 Å². The predicted octanol–water partition coefficient (Wildman–Crippen LogP) is 3.05. The first-order valence-corrected chi connectivity index (χ1v) is 7.08. The van der Waals surface area contributed by atoms with Gasteiger partial charge in [0.15, 0.2) is 0 Å². The van der Waals surface area contributed by atoms with Crippen LogP contribution in [0.3, 0.4) is 0 Å². The van der Waals surface area contributed by atoms with Crippen LogP contribution < -0.4 is 0 Å². The summed E-state index contributed by atoms with van der Waals surface area (Å²) in [6.07, 6.45) is 8.97. The average Bonchev–Trinajstić information content (AvgIpc) is 3.22. The molecule has 0 unspecified atom stereocenters. The first kappa shape index (κ1) is 13.6. The van der Waals surface area contributed by atoms with Gasteiger partial charge in [-0.05, 0) is 44.6 Å². The first-order valence-electron chi connectivity index (χ1n) is 7.08. The van der Waals surface area contributed by atoms with E-state index in [0.29, 0.717) is 6.61 Å². The molecule has 0 heterocycles. The number of ether oxygens (including phenoxy) is 2. The maximum absolute atomic E-state index is 11.7. The van der Waals surface area contributed by atoms with Crippen molar-refractivity contribution < 1.29 is 14.3 Å². The predicted molar refractivity (Wildman–Crippen MR) is 69.9 cm³/mol. The zero-order chi connectivity index (χ0) is 13.0. The van der Waals surface area contributed by atoms with Crippen molar-refractivity contribution in [1.82, 2.24) is 0 Å². The number of carbonyl (C=O) groups is 1. The zero-order valence-electron chi connectivity index (χ0n) is 11.4. The van der Waals surface area contributed by atoms with Crippen molar-refractivity contribution in [1.29, 1.82) is 0 Å². The van der Waals surface area contributed by atoms with E-state index in [9.17, 15) is 4.79 Å². The molecule has 0 amide bonds. The zero-order valence-corrected chi connectivity index (χ0v) is 11.4. The highest BCUT2D eigenvalue weighted by molar-refractivity contribution is 5.72. The third kappa shape index (κ3) is 2.94. The van der Waals surface area contributed by atoms with E-state index >= 15 is 0 Å². The SMILES string of the molecule is CCCOC1(C2=C[CH]2)CCC(C(=O)OCC)CC1. The lowest BCUT2D eigenvalue weighted by Crippen LogP contribution is -2.39. The second kappa shape index (κ2) is 5.87. The van der Waals surface area contributed by atoms with E-state index in [1.54, 1.807) is 0 Å². The number of esters is 1. The Morgan fingerprint density at radius 3 is 2.56 bits per heavy atom. The molecule has 0 N–H and O–H groups in total. The fraction of sp³-hybridized carbons (Fsp3) is 0.733. The molecule has 0 aromatic rings. The number of hydrogen-bond donors (Lipinski definition) is 0. The number of carbonyl (C=O) groups excluding carboxylic acids is 1. The number of rotatable bonds is 6. The summed E-state index contributed by atoms with van der Waals surface area (Å²) in [7, 11) is 0. The van der Waals surface area contributed by atoms with Gasteiger partial charge in [0.2, 0.25) is 0 Å². The van der Waals surface area contributed by atoms with Gasteiger partial charge < -0.3 is 9.47 Å². The number of hydrogen-bond acceptors (Lipinski definition) is 3. The third-order valence-electron chi connectivity index (χ3n) is 3.86. The number of allylic oxidation sites excluding steroid dienone is 1. The molecule has 1 radical (unpaired) electrons. The fourth-order valence-electron chi connectivity index (χ4n) is 2.74. The van der Waals surface area contributed by atoms with Gasteiger partial charge in [0.1, 0.15) is 0 Å². The molecule has 0 bridgehead atoms. The highest BCUT2D eigenvalue weighted by Gasteiger charge is 2.43. The topological polar surface area (TPSA) is 35.5 Å². The molecule has 2 aliphatic carbocycles. The van der Waals surface area contributed by atoms with Crippen LogP contribution in [-0.4, -0.2) is 24.8 Å². The van der Waals surface area contributed by atoms with Gasteiger partial charge in [-0.15, -0.1) is 0 Å². The second-order valence-electron chi connectivity index (χ2n) is 5.16. The fourth-order valence-corrected chi connectivity index (χ4v) is 2.74. The lowest BCUT2D eigenvalue weighted by molar-refractivity contribution is -0.151. The summed E-state index contributed by atoms with van der Waals surface area (Å²) in [5, 5.41) is 0. The molecule has 0 saturated heterocycles. The van der Waals surface area contributed by atoms with Crippen molar-refractivity contribution in [2.24, 2.45) is 5.92 Å². The Labute approximate surface area is 110 Å². The van der Waals surface area contributed by atoms with E-state index in [-0.39, 0.29) is 17.5 Å². The summed E-state index contributed by atoms with van der Waals surface area (Å²) >= 11 is 0. The van der Waals surface area contributed by atoms with Crippen LogP contribution in [-0.2, 0) is 14.3 Å². The third-order valence-corrected chi connectivity index (χ3v) is 3.86. The molecule has 3 nitrogen and oxygen atoms in total. The van der Waals surface area contributed by atoms with Crippen molar-refractivity contribution in [3.05, 3.63) is 18.1 Å². The van der Waals surface area contributed by atoms with Crippen LogP contribution in [0.25, 0.3) is 0 Å². The monoisotopic (exact) mass is 251 g/mol. The Hall–Kier alpha value is -0.830. The van der Waals surface area contributed by atoms with Crippen LogP contribution in [0.1, 0.15) is 46.0 Å². The largest absolute Gasteiger partial charge is 0.466 e. The van der Waals surface area contributed by atoms with E-state index in [1.807, 2.05) is 6.92 Å². The van der Waals surface area contributed by atoms with Gasteiger partial charge in [-0.3, -0.25) is 4.79 Å². The summed E-state index contributed by atoms with van der Waals surface area (Å²) in [5.41, 5.74) is 1.23. The molecule has 1 fully saturated rings. The van der Waals surface area contributed by atoms with Crippen LogP contribution >= 0.6 is 0 Å². The summed E-state index contributed by atoms with van der Waals surface area (Å²) in [6, 6.07) is 0. The average molecular weight is 251 g/mol. The van der Waals surface area contributed by atoms with E-state index in [0.717, 1.165) is 38.7 Å². The molecule has 101 valence electrons. The molecular weight excluding hydrogens is 228 g/mol. The van der Waals surface area contributed by atoms with Gasteiger partial charge in [-0.25, -0.2) is 0 Å². The summed E-state index contributed by atoms with van der Waals surface area (Å²) in [4.78, 5) is 11.7. The minimum absolute atomic E-state index is 0.0321. The minimum Gasteiger partial charge on any atom is -0.466 e. The lowest BCUT2D eigenvalue weighted by Gasteiger charge is -2.38.